The minimum Gasteiger partial charge on any atom is -0.493 e. The predicted molar refractivity (Wildman–Crippen MR) is 64.4 cm³/mol. The Kier molecular flexibility index (Phi) is 3.69. The average Bonchev–Trinajstić information content (AvgIpc) is 2.83. The Morgan fingerprint density at radius 1 is 1.33 bits per heavy atom. The molecule has 0 radical (unpaired) electrons. The quantitative estimate of drug-likeness (QED) is 0.895. The maximum absolute atomic E-state index is 13.5. The third-order valence-electron chi connectivity index (χ3n) is 3.11. The summed E-state index contributed by atoms with van der Waals surface area (Å²) in [5.41, 5.74) is 4.93. The Hall–Kier alpha value is -1.78. The second kappa shape index (κ2) is 5.25. The maximum atomic E-state index is 13.5. The minimum atomic E-state index is -0.813. The first-order valence-electron chi connectivity index (χ1n) is 5.96. The normalized spacial score (nSPS) is 15.7. The number of carbonyl (C=O) groups excluding carboxylic acids is 1. The second-order valence-corrected chi connectivity index (χ2v) is 4.37. The van der Waals surface area contributed by atoms with Gasteiger partial charge in [-0.05, 0) is 31.7 Å². The minimum absolute atomic E-state index is 0.102. The molecule has 1 aromatic carbocycles. The van der Waals surface area contributed by atoms with E-state index in [0.717, 1.165) is 31.7 Å². The molecule has 98 valence electrons. The lowest BCUT2D eigenvalue weighted by Gasteiger charge is -2.16. The van der Waals surface area contributed by atoms with Gasteiger partial charge in [-0.25, -0.2) is 4.39 Å². The largest absolute Gasteiger partial charge is 0.493 e. The average molecular weight is 253 g/mol. The third-order valence-corrected chi connectivity index (χ3v) is 3.11. The Balaban J connectivity index is 2.30. The summed E-state index contributed by atoms with van der Waals surface area (Å²) >= 11 is 0. The molecule has 0 unspecified atom stereocenters. The van der Waals surface area contributed by atoms with Crippen LogP contribution in [0.2, 0.25) is 0 Å². The molecule has 1 fully saturated rings. The van der Waals surface area contributed by atoms with Crippen molar-refractivity contribution in [3.05, 3.63) is 23.5 Å². The van der Waals surface area contributed by atoms with Crippen molar-refractivity contribution in [1.82, 2.24) is 0 Å². The number of methoxy groups -OCH3 is 1. The number of hydrogen-bond donors (Lipinski definition) is 1. The Morgan fingerprint density at radius 2 is 2.00 bits per heavy atom. The topological polar surface area (TPSA) is 61.5 Å². The molecule has 0 bridgehead atoms. The van der Waals surface area contributed by atoms with E-state index in [4.69, 9.17) is 15.2 Å². The first-order chi connectivity index (χ1) is 8.61. The zero-order valence-corrected chi connectivity index (χ0v) is 10.2. The van der Waals surface area contributed by atoms with Gasteiger partial charge in [0.05, 0.1) is 18.8 Å². The fraction of sp³-hybridized carbons (Fsp3) is 0.462. The molecule has 2 rings (SSSR count). The van der Waals surface area contributed by atoms with E-state index in [1.54, 1.807) is 0 Å². The number of amides is 1. The lowest BCUT2D eigenvalue weighted by Crippen LogP contribution is -2.16. The van der Waals surface area contributed by atoms with Crippen molar-refractivity contribution >= 4 is 5.91 Å². The van der Waals surface area contributed by atoms with Crippen LogP contribution >= 0.6 is 0 Å². The Bertz CT molecular complexity index is 456. The van der Waals surface area contributed by atoms with E-state index in [0.29, 0.717) is 5.75 Å². The van der Waals surface area contributed by atoms with Crippen LogP contribution in [-0.4, -0.2) is 19.1 Å². The van der Waals surface area contributed by atoms with E-state index in [2.05, 4.69) is 0 Å². The summed E-state index contributed by atoms with van der Waals surface area (Å²) in [6, 6.07) is 2.44. The first-order valence-corrected chi connectivity index (χ1v) is 5.96. The fourth-order valence-electron chi connectivity index (χ4n) is 2.16. The van der Waals surface area contributed by atoms with Crippen LogP contribution in [0.5, 0.6) is 11.5 Å². The summed E-state index contributed by atoms with van der Waals surface area (Å²) in [7, 11) is 1.43. The summed E-state index contributed by atoms with van der Waals surface area (Å²) in [5.74, 6) is -0.853. The Labute approximate surface area is 105 Å². The molecule has 0 aliphatic heterocycles. The van der Waals surface area contributed by atoms with E-state index < -0.39 is 11.7 Å². The van der Waals surface area contributed by atoms with Gasteiger partial charge in [0, 0.05) is 6.07 Å². The molecule has 1 aromatic rings. The second-order valence-electron chi connectivity index (χ2n) is 4.37. The summed E-state index contributed by atoms with van der Waals surface area (Å²) < 4.78 is 24.3. The van der Waals surface area contributed by atoms with E-state index >= 15 is 0 Å². The summed E-state index contributed by atoms with van der Waals surface area (Å²) in [6.07, 6.45) is 4.28. The van der Waals surface area contributed by atoms with Crippen molar-refractivity contribution in [2.24, 2.45) is 5.73 Å². The van der Waals surface area contributed by atoms with Gasteiger partial charge in [0.2, 0.25) is 0 Å². The molecule has 0 spiro atoms. The molecule has 1 aliphatic rings. The van der Waals surface area contributed by atoms with Crippen LogP contribution in [0.25, 0.3) is 0 Å². The van der Waals surface area contributed by atoms with Gasteiger partial charge < -0.3 is 15.2 Å². The SMILES string of the molecule is COc1cc(F)c(C(N)=O)cc1OC1CCCC1. The molecule has 1 aliphatic carbocycles. The zero-order valence-electron chi connectivity index (χ0n) is 10.2. The maximum Gasteiger partial charge on any atom is 0.251 e. The number of halogens is 1. The molecule has 0 saturated heterocycles. The summed E-state index contributed by atoms with van der Waals surface area (Å²) in [5, 5.41) is 0. The van der Waals surface area contributed by atoms with Gasteiger partial charge in [0.15, 0.2) is 11.5 Å². The highest BCUT2D eigenvalue weighted by atomic mass is 19.1. The number of primary amides is 1. The van der Waals surface area contributed by atoms with Crippen molar-refractivity contribution in [3.63, 3.8) is 0 Å². The molecule has 0 atom stereocenters. The van der Waals surface area contributed by atoms with E-state index in [9.17, 15) is 9.18 Å². The summed E-state index contributed by atoms with van der Waals surface area (Å²) in [4.78, 5) is 11.1. The highest BCUT2D eigenvalue weighted by Crippen LogP contribution is 2.33. The van der Waals surface area contributed by atoms with Gasteiger partial charge >= 0.3 is 0 Å². The molecular formula is C13H16FNO3. The van der Waals surface area contributed by atoms with Crippen LogP contribution in [0, 0.1) is 5.82 Å². The molecule has 1 saturated carbocycles. The standard InChI is InChI=1S/C13H16FNO3/c1-17-11-7-10(14)9(13(15)16)6-12(11)18-8-4-2-3-5-8/h6-8H,2-5H2,1H3,(H2,15,16). The first kappa shape index (κ1) is 12.7. The fourth-order valence-corrected chi connectivity index (χ4v) is 2.16. The number of nitrogens with two attached hydrogens (primary N) is 1. The third kappa shape index (κ3) is 2.55. The van der Waals surface area contributed by atoms with Gasteiger partial charge in [-0.15, -0.1) is 0 Å². The van der Waals surface area contributed by atoms with Crippen LogP contribution < -0.4 is 15.2 Å². The molecular weight excluding hydrogens is 237 g/mol. The monoisotopic (exact) mass is 253 g/mol. The number of rotatable bonds is 4. The molecule has 5 heteroatoms. The number of ether oxygens (including phenoxy) is 2. The molecule has 18 heavy (non-hydrogen) atoms. The van der Waals surface area contributed by atoms with Crippen molar-refractivity contribution in [2.45, 2.75) is 31.8 Å². The van der Waals surface area contributed by atoms with Crippen molar-refractivity contribution in [1.29, 1.82) is 0 Å². The van der Waals surface area contributed by atoms with Gasteiger partial charge in [-0.3, -0.25) is 4.79 Å². The van der Waals surface area contributed by atoms with Crippen LogP contribution in [0.3, 0.4) is 0 Å². The Morgan fingerprint density at radius 3 is 2.56 bits per heavy atom. The molecule has 1 amide bonds. The van der Waals surface area contributed by atoms with Crippen LogP contribution in [0.4, 0.5) is 4.39 Å². The van der Waals surface area contributed by atoms with Crippen LogP contribution in [0.1, 0.15) is 36.0 Å². The lowest BCUT2D eigenvalue weighted by atomic mass is 10.1. The van der Waals surface area contributed by atoms with Crippen LogP contribution in [0.15, 0.2) is 12.1 Å². The number of carbonyl (C=O) groups is 1. The number of hydrogen-bond acceptors (Lipinski definition) is 3. The van der Waals surface area contributed by atoms with Crippen molar-refractivity contribution in [3.8, 4) is 11.5 Å². The highest BCUT2D eigenvalue weighted by Gasteiger charge is 2.21. The predicted octanol–water partition coefficient (Wildman–Crippen LogP) is 2.25. The van der Waals surface area contributed by atoms with E-state index in [1.807, 2.05) is 0 Å². The smallest absolute Gasteiger partial charge is 0.251 e. The molecule has 4 nitrogen and oxygen atoms in total. The number of benzene rings is 1. The van der Waals surface area contributed by atoms with E-state index in [1.165, 1.54) is 13.2 Å². The zero-order chi connectivity index (χ0) is 13.1. The molecule has 0 aromatic heterocycles. The van der Waals surface area contributed by atoms with Crippen molar-refractivity contribution in [2.75, 3.05) is 7.11 Å². The van der Waals surface area contributed by atoms with E-state index in [-0.39, 0.29) is 17.4 Å². The molecule has 0 heterocycles. The summed E-state index contributed by atoms with van der Waals surface area (Å²) in [6.45, 7) is 0. The van der Waals surface area contributed by atoms with Gasteiger partial charge in [0.1, 0.15) is 5.82 Å². The van der Waals surface area contributed by atoms with Crippen LogP contribution in [-0.2, 0) is 0 Å². The molecule has 2 N–H and O–H groups in total. The lowest BCUT2D eigenvalue weighted by molar-refractivity contribution is 0.0995. The van der Waals surface area contributed by atoms with Crippen molar-refractivity contribution < 1.29 is 18.7 Å². The highest BCUT2D eigenvalue weighted by molar-refractivity contribution is 5.93. The van der Waals surface area contributed by atoms with Gasteiger partial charge in [-0.1, -0.05) is 0 Å². The van der Waals surface area contributed by atoms with Gasteiger partial charge in [-0.2, -0.15) is 0 Å². The van der Waals surface area contributed by atoms with Gasteiger partial charge in [0.25, 0.3) is 5.91 Å².